The number of furan rings is 1. The average Bonchev–Trinajstić information content (AvgIpc) is 3.79. The summed E-state index contributed by atoms with van der Waals surface area (Å²) in [6, 6.07) is 5.71. The summed E-state index contributed by atoms with van der Waals surface area (Å²) in [4.78, 5) is 11.1. The molecule has 1 fully saturated rings. The molecular weight excluding hydrogens is 961 g/mol. The molecule has 0 bridgehead atoms. The highest BCUT2D eigenvalue weighted by molar-refractivity contribution is 14.1. The second-order valence-corrected chi connectivity index (χ2v) is 12.8. The number of phenolic OH excluding ortho intramolecular Hbond substituents is 2. The van der Waals surface area contributed by atoms with Crippen LogP contribution in [0.3, 0.4) is 0 Å². The lowest BCUT2D eigenvalue weighted by Gasteiger charge is -2.18. The second-order valence-electron chi connectivity index (χ2n) is 11.6. The number of nitrogen functional groups attached to an aromatic ring is 1. The van der Waals surface area contributed by atoms with E-state index in [9.17, 15) is 83.8 Å². The fourth-order valence-electron chi connectivity index (χ4n) is 3.23. The van der Waals surface area contributed by atoms with Crippen LogP contribution < -0.4 is 11.1 Å². The third-order valence-corrected chi connectivity index (χ3v) is 6.23. The van der Waals surface area contributed by atoms with Crippen molar-refractivity contribution in [1.29, 1.82) is 0 Å². The van der Waals surface area contributed by atoms with Crippen molar-refractivity contribution in [2.45, 2.75) is 82.7 Å². The highest BCUT2D eigenvalue weighted by Gasteiger charge is 2.48. The minimum Gasteiger partial charge on any atom is -0.507 e. The van der Waals surface area contributed by atoms with Gasteiger partial charge in [-0.05, 0) is 73.7 Å². The Morgan fingerprint density at radius 1 is 0.655 bits per heavy atom. The summed E-state index contributed by atoms with van der Waals surface area (Å²) in [7, 11) is 0. The number of halogens is 19. The quantitative estimate of drug-likeness (QED) is 0.0634. The zero-order chi connectivity index (χ0) is 45.9. The first kappa shape index (κ1) is 53.4. The van der Waals surface area contributed by atoms with Crippen molar-refractivity contribution in [3.05, 3.63) is 68.5 Å². The van der Waals surface area contributed by atoms with Gasteiger partial charge in [0.25, 0.3) is 0 Å². The van der Waals surface area contributed by atoms with E-state index >= 15 is 0 Å². The van der Waals surface area contributed by atoms with Crippen molar-refractivity contribution < 1.29 is 103 Å². The van der Waals surface area contributed by atoms with Crippen LogP contribution in [0.1, 0.15) is 62.3 Å². The Bertz CT molecular complexity index is 1650. The maximum Gasteiger partial charge on any atom is 0.457 e. The molecule has 1 aliphatic carbocycles. The predicted molar refractivity (Wildman–Crippen MR) is 176 cm³/mol. The van der Waals surface area contributed by atoms with Gasteiger partial charge in [-0.25, -0.2) is 4.79 Å². The Balaban J connectivity index is 0.000000737. The first-order valence-corrected chi connectivity index (χ1v) is 16.0. The minimum atomic E-state index is -5.33. The van der Waals surface area contributed by atoms with Gasteiger partial charge in [-0.15, -0.1) is 0 Å². The number of amides is 1. The van der Waals surface area contributed by atoms with Crippen molar-refractivity contribution >= 4 is 40.3 Å². The lowest BCUT2D eigenvalue weighted by molar-refractivity contribution is -0.163. The van der Waals surface area contributed by atoms with Crippen molar-refractivity contribution in [3.63, 3.8) is 0 Å². The highest BCUT2D eigenvalue weighted by Crippen LogP contribution is 2.48. The Morgan fingerprint density at radius 3 is 1.31 bits per heavy atom. The van der Waals surface area contributed by atoms with Crippen molar-refractivity contribution in [1.82, 2.24) is 0 Å². The van der Waals surface area contributed by atoms with E-state index in [4.69, 9.17) is 25.1 Å². The zero-order valence-electron chi connectivity index (χ0n) is 29.0. The predicted octanol–water partition coefficient (Wildman–Crippen LogP) is 13.0. The Morgan fingerprint density at radius 2 is 1.03 bits per heavy atom. The number of benzene rings is 2. The average molecular weight is 988 g/mol. The van der Waals surface area contributed by atoms with Crippen molar-refractivity contribution in [2.24, 2.45) is 0 Å². The summed E-state index contributed by atoms with van der Waals surface area (Å²) in [6.07, 6.45) is -25.7. The fourth-order valence-corrected chi connectivity index (χ4v) is 3.98. The summed E-state index contributed by atoms with van der Waals surface area (Å²) < 4.78 is 223. The van der Waals surface area contributed by atoms with Gasteiger partial charge in [0, 0.05) is 27.2 Å². The van der Waals surface area contributed by atoms with Gasteiger partial charge in [0.2, 0.25) is 5.88 Å². The zero-order valence-corrected chi connectivity index (χ0v) is 31.2. The smallest absolute Gasteiger partial charge is 0.457 e. The lowest BCUT2D eigenvalue weighted by atomic mass is 10.0. The van der Waals surface area contributed by atoms with Crippen LogP contribution in [0.4, 0.5) is 95.4 Å². The Kier molecular flexibility index (Phi) is 18.8. The number of rotatable bonds is 1. The second kappa shape index (κ2) is 20.4. The number of nitrogens with one attached hydrogen (secondary N) is 1. The van der Waals surface area contributed by atoms with Crippen LogP contribution in [-0.4, -0.2) is 34.3 Å². The maximum atomic E-state index is 12.4. The molecule has 1 amide bonds. The molecule has 328 valence electrons. The van der Waals surface area contributed by atoms with E-state index < -0.39 is 91.8 Å². The Labute approximate surface area is 328 Å². The number of carbonyl (C=O) groups excluding carboxylic acids is 1. The SMILES string of the molecule is C1CC1.CC(C)(C)OC(=O)Nc1ccco1.FC(F)(F)C#CC(F)(F)F.Nc1ccc(O)c(C(F)(F)F)c1C(F)(F)F.Oc1ccc(I)c(C(F)(F)F)c1C(F)(F)F. The molecule has 3 aromatic rings. The number of phenols is 2. The normalized spacial score (nSPS) is 12.9. The van der Waals surface area contributed by atoms with Crippen LogP contribution in [0, 0.1) is 15.4 Å². The number of carbonyl (C=O) groups is 1. The highest BCUT2D eigenvalue weighted by atomic mass is 127. The molecule has 0 saturated heterocycles. The number of hydrogen-bond acceptors (Lipinski definition) is 6. The molecule has 1 aromatic heterocycles. The monoisotopic (exact) mass is 988 g/mol. The van der Waals surface area contributed by atoms with Crippen LogP contribution in [0.2, 0.25) is 0 Å². The number of ether oxygens (including phenoxy) is 1. The third kappa shape index (κ3) is 21.8. The third-order valence-electron chi connectivity index (χ3n) is 5.33. The van der Waals surface area contributed by atoms with Gasteiger partial charge >= 0.3 is 43.2 Å². The van der Waals surface area contributed by atoms with E-state index in [1.54, 1.807) is 32.9 Å². The van der Waals surface area contributed by atoms with Gasteiger partial charge in [0.15, 0.2) is 0 Å². The molecule has 0 radical (unpaired) electrons. The molecule has 0 spiro atoms. The van der Waals surface area contributed by atoms with Crippen LogP contribution in [0.5, 0.6) is 11.5 Å². The Hall–Kier alpha value is -4.58. The molecule has 1 aliphatic rings. The lowest BCUT2D eigenvalue weighted by Crippen LogP contribution is -2.27. The molecular formula is C32H27F18IN2O5. The molecule has 4 rings (SSSR count). The largest absolute Gasteiger partial charge is 0.507 e. The van der Waals surface area contributed by atoms with E-state index in [-0.39, 0.29) is 11.8 Å². The van der Waals surface area contributed by atoms with Gasteiger partial charge in [-0.3, -0.25) is 5.32 Å². The molecule has 0 atom stereocenters. The van der Waals surface area contributed by atoms with Gasteiger partial charge in [-0.2, -0.15) is 79.0 Å². The van der Waals surface area contributed by atoms with Crippen LogP contribution in [-0.2, 0) is 29.4 Å². The molecule has 26 heteroatoms. The van der Waals surface area contributed by atoms with Gasteiger partial charge in [0.1, 0.15) is 28.2 Å². The van der Waals surface area contributed by atoms with Crippen molar-refractivity contribution in [3.8, 4) is 23.3 Å². The van der Waals surface area contributed by atoms with E-state index in [2.05, 4.69) is 5.32 Å². The maximum absolute atomic E-state index is 12.4. The first-order valence-electron chi connectivity index (χ1n) is 14.9. The minimum absolute atomic E-state index is 0.0868. The summed E-state index contributed by atoms with van der Waals surface area (Å²) in [5.74, 6) is -2.38. The summed E-state index contributed by atoms with van der Waals surface area (Å²) in [5.41, 5.74) is -4.88. The van der Waals surface area contributed by atoms with Gasteiger partial charge in [-0.1, -0.05) is 19.3 Å². The number of nitrogens with two attached hydrogens (primary N) is 1. The topological polar surface area (TPSA) is 118 Å². The van der Waals surface area contributed by atoms with Crippen LogP contribution in [0.15, 0.2) is 47.1 Å². The number of aromatic hydroxyl groups is 2. The van der Waals surface area contributed by atoms with Crippen LogP contribution in [0.25, 0.3) is 0 Å². The van der Waals surface area contributed by atoms with E-state index in [0.29, 0.717) is 24.1 Å². The number of anilines is 2. The molecule has 58 heavy (non-hydrogen) atoms. The number of alkyl halides is 18. The molecule has 0 aliphatic heterocycles. The van der Waals surface area contributed by atoms with Crippen molar-refractivity contribution in [2.75, 3.05) is 11.1 Å². The molecule has 2 aromatic carbocycles. The molecule has 1 saturated carbocycles. The molecule has 7 nitrogen and oxygen atoms in total. The molecule has 5 N–H and O–H groups in total. The van der Waals surface area contributed by atoms with Gasteiger partial charge in [0.05, 0.1) is 17.4 Å². The van der Waals surface area contributed by atoms with Gasteiger partial charge < -0.3 is 25.1 Å². The summed E-state index contributed by atoms with van der Waals surface area (Å²) in [6.45, 7) is 5.40. The standard InChI is InChI=1S/C9H13NO3.C8H3F6IO.C8H5F6NO.C4F6.C3H6/c1-9(2,3)13-8(11)10-7-5-4-6-12-7;2*9-7(10,11)5-3(15)1-2-4(16)6(5)8(12,13)14;5-3(6,7)1-2-4(8,9)10;1-2-3-1/h4-6H,1-3H3,(H,10,11);1-2,16H;1-2,16H,15H2;;1-3H2. The summed E-state index contributed by atoms with van der Waals surface area (Å²) >= 11 is 1.14. The van der Waals surface area contributed by atoms with E-state index in [1.165, 1.54) is 25.5 Å². The molecule has 0 unspecified atom stereocenters. The first-order chi connectivity index (χ1) is 25.8. The molecule has 1 heterocycles. The van der Waals surface area contributed by atoms with Crippen LogP contribution >= 0.6 is 22.6 Å². The number of hydrogen-bond donors (Lipinski definition) is 4. The fraction of sp³-hybridized carbons (Fsp3) is 0.406. The van der Waals surface area contributed by atoms with E-state index in [0.717, 1.165) is 28.7 Å². The summed E-state index contributed by atoms with van der Waals surface area (Å²) in [5, 5.41) is 20.2. The van der Waals surface area contributed by atoms with E-state index in [1.807, 2.05) is 0 Å².